The number of ether oxygens (including phenoxy) is 1. The molecule has 1 aliphatic heterocycles. The largest absolute Gasteiger partial charge is 0.507 e. The number of halogens is 1. The van der Waals surface area contributed by atoms with Crippen molar-refractivity contribution in [1.29, 1.82) is 0 Å². The number of carbonyl (C=O) groups excluding carboxylic acids is 2. The lowest BCUT2D eigenvalue weighted by molar-refractivity contribution is -0.132. The Morgan fingerprint density at radius 1 is 1.00 bits per heavy atom. The second-order valence-electron chi connectivity index (χ2n) is 10.3. The fourth-order valence-corrected chi connectivity index (χ4v) is 4.76. The van der Waals surface area contributed by atoms with Crippen LogP contribution in [0.25, 0.3) is 5.76 Å². The van der Waals surface area contributed by atoms with Crippen molar-refractivity contribution in [1.82, 2.24) is 0 Å². The molecule has 0 aromatic heterocycles. The SMILES string of the molecule is CCCOc1ccc(/C(O)=C2\C(=O)C(=O)N(c3ccc(Cl)cc3C)C2c2ccc(C(C)(C)C)cc2)cc1. The number of benzene rings is 3. The van der Waals surface area contributed by atoms with Crippen molar-refractivity contribution in [3.8, 4) is 5.75 Å². The molecule has 0 saturated carbocycles. The summed E-state index contributed by atoms with van der Waals surface area (Å²) < 4.78 is 5.64. The second-order valence-corrected chi connectivity index (χ2v) is 10.8. The number of nitrogens with zero attached hydrogens (tertiary/aromatic N) is 1. The van der Waals surface area contributed by atoms with Gasteiger partial charge in [-0.3, -0.25) is 14.5 Å². The zero-order valence-electron chi connectivity index (χ0n) is 21.8. The maximum atomic E-state index is 13.4. The highest BCUT2D eigenvalue weighted by Crippen LogP contribution is 2.44. The van der Waals surface area contributed by atoms with Crippen LogP contribution >= 0.6 is 11.6 Å². The number of amides is 1. The van der Waals surface area contributed by atoms with E-state index in [1.807, 2.05) is 38.1 Å². The van der Waals surface area contributed by atoms with E-state index < -0.39 is 17.7 Å². The average molecular weight is 518 g/mol. The summed E-state index contributed by atoms with van der Waals surface area (Å²) >= 11 is 6.18. The van der Waals surface area contributed by atoms with Gasteiger partial charge in [0.05, 0.1) is 18.2 Å². The molecule has 0 radical (unpaired) electrons. The van der Waals surface area contributed by atoms with Crippen molar-refractivity contribution in [2.75, 3.05) is 11.5 Å². The first-order valence-corrected chi connectivity index (χ1v) is 12.8. The standard InChI is InChI=1S/C31H32ClNO4/c1-6-17-37-24-14-9-21(10-15-24)28(34)26-27(20-7-11-22(12-8-20)31(3,4)5)33(30(36)29(26)35)25-16-13-23(32)18-19(25)2/h7-16,18,27,34H,6,17H2,1-5H3/b28-26+. The van der Waals surface area contributed by atoms with E-state index in [0.29, 0.717) is 28.6 Å². The smallest absolute Gasteiger partial charge is 0.300 e. The number of Topliss-reactive ketones (excluding diaryl/α,β-unsaturated/α-hetero) is 1. The zero-order chi connectivity index (χ0) is 26.9. The van der Waals surface area contributed by atoms with Crippen LogP contribution in [0.2, 0.25) is 5.02 Å². The van der Waals surface area contributed by atoms with Crippen LogP contribution in [0.4, 0.5) is 5.69 Å². The predicted molar refractivity (Wildman–Crippen MR) is 148 cm³/mol. The fraction of sp³-hybridized carbons (Fsp3) is 0.290. The predicted octanol–water partition coefficient (Wildman–Crippen LogP) is 7.36. The summed E-state index contributed by atoms with van der Waals surface area (Å²) in [5, 5.41) is 11.9. The van der Waals surface area contributed by atoms with Gasteiger partial charge < -0.3 is 9.84 Å². The van der Waals surface area contributed by atoms with Crippen molar-refractivity contribution in [3.63, 3.8) is 0 Å². The van der Waals surface area contributed by atoms with Crippen molar-refractivity contribution < 1.29 is 19.4 Å². The summed E-state index contributed by atoms with van der Waals surface area (Å²) in [5.41, 5.74) is 3.59. The van der Waals surface area contributed by atoms with E-state index in [-0.39, 0.29) is 16.7 Å². The van der Waals surface area contributed by atoms with Crippen molar-refractivity contribution in [2.45, 2.75) is 52.5 Å². The molecule has 0 spiro atoms. The van der Waals surface area contributed by atoms with Crippen molar-refractivity contribution >= 4 is 34.7 Å². The van der Waals surface area contributed by atoms with E-state index in [9.17, 15) is 14.7 Å². The Balaban J connectivity index is 1.88. The van der Waals surface area contributed by atoms with Gasteiger partial charge in [0.25, 0.3) is 11.7 Å². The first-order chi connectivity index (χ1) is 17.5. The molecule has 1 amide bonds. The number of aryl methyl sites for hydroxylation is 1. The molecule has 0 bridgehead atoms. The maximum Gasteiger partial charge on any atom is 0.300 e. The third-order valence-corrected chi connectivity index (χ3v) is 6.79. The summed E-state index contributed by atoms with van der Waals surface area (Å²) in [6, 6.07) is 19.1. The normalized spacial score (nSPS) is 17.4. The first-order valence-electron chi connectivity index (χ1n) is 12.4. The molecule has 37 heavy (non-hydrogen) atoms. The number of rotatable bonds is 6. The van der Waals surface area contributed by atoms with Gasteiger partial charge in [-0.15, -0.1) is 0 Å². The van der Waals surface area contributed by atoms with Crippen LogP contribution in [-0.2, 0) is 15.0 Å². The number of ketones is 1. The topological polar surface area (TPSA) is 66.8 Å². The molecule has 1 heterocycles. The van der Waals surface area contributed by atoms with Gasteiger partial charge >= 0.3 is 0 Å². The zero-order valence-corrected chi connectivity index (χ0v) is 22.6. The van der Waals surface area contributed by atoms with E-state index in [0.717, 1.165) is 23.1 Å². The molecule has 192 valence electrons. The number of carbonyl (C=O) groups is 2. The fourth-order valence-electron chi connectivity index (χ4n) is 4.54. The van der Waals surface area contributed by atoms with Gasteiger partial charge in [0.2, 0.25) is 0 Å². The summed E-state index contributed by atoms with van der Waals surface area (Å²) in [7, 11) is 0. The van der Waals surface area contributed by atoms with E-state index in [1.165, 1.54) is 4.90 Å². The minimum absolute atomic E-state index is 0.0464. The Bertz CT molecular complexity index is 1350. The molecule has 1 saturated heterocycles. The monoisotopic (exact) mass is 517 g/mol. The molecular weight excluding hydrogens is 486 g/mol. The molecule has 6 heteroatoms. The first kappa shape index (κ1) is 26.5. The molecule has 1 aliphatic rings. The van der Waals surface area contributed by atoms with E-state index in [2.05, 4.69) is 20.8 Å². The molecule has 3 aromatic rings. The van der Waals surface area contributed by atoms with Crippen molar-refractivity contribution in [2.24, 2.45) is 0 Å². The van der Waals surface area contributed by atoms with Crippen LogP contribution in [0.5, 0.6) is 5.75 Å². The Morgan fingerprint density at radius 2 is 1.65 bits per heavy atom. The molecule has 3 aromatic carbocycles. The van der Waals surface area contributed by atoms with Crippen LogP contribution in [-0.4, -0.2) is 23.4 Å². The summed E-state index contributed by atoms with van der Waals surface area (Å²) in [5.74, 6) is -0.979. The molecular formula is C31H32ClNO4. The van der Waals surface area contributed by atoms with Crippen molar-refractivity contribution in [3.05, 3.63) is 99.6 Å². The highest BCUT2D eigenvalue weighted by Gasteiger charge is 2.47. The molecule has 4 rings (SSSR count). The van der Waals surface area contributed by atoms with Gasteiger partial charge in [-0.25, -0.2) is 0 Å². The average Bonchev–Trinajstić information content (AvgIpc) is 3.12. The molecule has 5 nitrogen and oxygen atoms in total. The van der Waals surface area contributed by atoms with Gasteiger partial charge in [-0.05, 0) is 77.9 Å². The third-order valence-electron chi connectivity index (χ3n) is 6.56. The molecule has 1 fully saturated rings. The number of aliphatic hydroxyl groups is 1. The Morgan fingerprint density at radius 3 is 2.22 bits per heavy atom. The summed E-state index contributed by atoms with van der Waals surface area (Å²) in [4.78, 5) is 28.4. The lowest BCUT2D eigenvalue weighted by Gasteiger charge is -2.28. The van der Waals surface area contributed by atoms with Gasteiger partial charge in [0, 0.05) is 16.3 Å². The quantitative estimate of drug-likeness (QED) is 0.211. The van der Waals surface area contributed by atoms with Gasteiger partial charge in [0.1, 0.15) is 11.5 Å². The lowest BCUT2D eigenvalue weighted by atomic mass is 9.85. The van der Waals surface area contributed by atoms with Crippen LogP contribution in [0.15, 0.2) is 72.3 Å². The maximum absolute atomic E-state index is 13.4. The van der Waals surface area contributed by atoms with Crippen LogP contribution < -0.4 is 9.64 Å². The highest BCUT2D eigenvalue weighted by molar-refractivity contribution is 6.51. The minimum atomic E-state index is -0.801. The third kappa shape index (κ3) is 5.28. The van der Waals surface area contributed by atoms with E-state index in [1.54, 1.807) is 42.5 Å². The second kappa shape index (κ2) is 10.4. The Kier molecular flexibility index (Phi) is 7.47. The minimum Gasteiger partial charge on any atom is -0.507 e. The number of hydrogen-bond donors (Lipinski definition) is 1. The lowest BCUT2D eigenvalue weighted by Crippen LogP contribution is -2.30. The number of hydrogen-bond acceptors (Lipinski definition) is 4. The van der Waals surface area contributed by atoms with E-state index in [4.69, 9.17) is 16.3 Å². The molecule has 1 atom stereocenters. The van der Waals surface area contributed by atoms with Gasteiger partial charge in [-0.2, -0.15) is 0 Å². The molecule has 1 N–H and O–H groups in total. The Hall–Kier alpha value is -3.57. The van der Waals surface area contributed by atoms with Gasteiger partial charge in [0.15, 0.2) is 0 Å². The number of aliphatic hydroxyl groups excluding tert-OH is 1. The van der Waals surface area contributed by atoms with Crippen LogP contribution in [0.3, 0.4) is 0 Å². The molecule has 1 unspecified atom stereocenters. The van der Waals surface area contributed by atoms with Crippen LogP contribution in [0.1, 0.15) is 62.4 Å². The van der Waals surface area contributed by atoms with Gasteiger partial charge in [-0.1, -0.05) is 63.6 Å². The number of anilines is 1. The molecule has 0 aliphatic carbocycles. The van der Waals surface area contributed by atoms with Crippen LogP contribution in [0, 0.1) is 6.92 Å². The Labute approximate surface area is 223 Å². The highest BCUT2D eigenvalue weighted by atomic mass is 35.5. The summed E-state index contributed by atoms with van der Waals surface area (Å²) in [6.45, 7) is 10.8. The summed E-state index contributed by atoms with van der Waals surface area (Å²) in [6.07, 6.45) is 0.878. The van der Waals surface area contributed by atoms with E-state index >= 15 is 0 Å².